The third-order valence-corrected chi connectivity index (χ3v) is 4.77. The van der Waals surface area contributed by atoms with Crippen LogP contribution in [0.1, 0.15) is 12.1 Å². The monoisotopic (exact) mass is 375 g/mol. The van der Waals surface area contributed by atoms with Gasteiger partial charge in [0.25, 0.3) is 0 Å². The number of carbonyl (C=O) groups is 1. The number of fused-ring (bicyclic) bond motifs is 1. The lowest BCUT2D eigenvalue weighted by molar-refractivity contribution is -0.153. The highest BCUT2D eigenvalue weighted by Gasteiger charge is 2.58. The van der Waals surface area contributed by atoms with Crippen molar-refractivity contribution in [2.75, 3.05) is 11.1 Å². The molecule has 0 aliphatic heterocycles. The molecular weight excluding hydrogens is 359 g/mol. The number of hydrogen-bond acceptors (Lipinski definition) is 4. The second kappa shape index (κ2) is 5.97. The van der Waals surface area contributed by atoms with Crippen LogP contribution >= 0.6 is 0 Å². The van der Waals surface area contributed by atoms with Crippen molar-refractivity contribution in [2.24, 2.45) is 11.8 Å². The highest BCUT2D eigenvalue weighted by atomic mass is 19.4. The molecule has 3 aromatic heterocycles. The van der Waals surface area contributed by atoms with Gasteiger partial charge in [-0.3, -0.25) is 4.79 Å². The minimum Gasteiger partial charge on any atom is -0.383 e. The van der Waals surface area contributed by atoms with Crippen molar-refractivity contribution < 1.29 is 18.0 Å². The summed E-state index contributed by atoms with van der Waals surface area (Å²) in [5.74, 6) is -2.83. The van der Waals surface area contributed by atoms with Crippen molar-refractivity contribution in [3.05, 3.63) is 36.3 Å². The Bertz CT molecular complexity index is 1040. The fraction of sp³-hybridized carbons (Fsp3) is 0.278. The van der Waals surface area contributed by atoms with Crippen LogP contribution in [-0.2, 0) is 4.79 Å². The number of aromatic amines is 1. The van der Waals surface area contributed by atoms with Gasteiger partial charge < -0.3 is 16.0 Å². The zero-order chi connectivity index (χ0) is 19.3. The summed E-state index contributed by atoms with van der Waals surface area (Å²) in [6.45, 7) is 1.91. The second-order valence-corrected chi connectivity index (χ2v) is 6.68. The molecule has 1 fully saturated rings. The zero-order valence-electron chi connectivity index (χ0n) is 14.3. The van der Waals surface area contributed by atoms with Crippen LogP contribution in [0.5, 0.6) is 0 Å². The molecule has 0 radical (unpaired) electrons. The third-order valence-electron chi connectivity index (χ3n) is 4.77. The minimum absolute atomic E-state index is 0.183. The van der Waals surface area contributed by atoms with Gasteiger partial charge in [0.15, 0.2) is 0 Å². The lowest BCUT2D eigenvalue weighted by Gasteiger charge is -2.09. The van der Waals surface area contributed by atoms with Gasteiger partial charge in [-0.25, -0.2) is 9.97 Å². The number of rotatable bonds is 3. The number of amides is 1. The second-order valence-electron chi connectivity index (χ2n) is 6.68. The molecule has 2 atom stereocenters. The van der Waals surface area contributed by atoms with Crippen molar-refractivity contribution in [3.63, 3.8) is 0 Å². The van der Waals surface area contributed by atoms with Gasteiger partial charge in [0, 0.05) is 29.0 Å². The molecule has 4 rings (SSSR count). The topological polar surface area (TPSA) is 96.7 Å². The molecule has 0 spiro atoms. The standard InChI is InChI=1S/C18H16F3N5O/c1-8-10(2-3-23-8)14-4-9-5-15(24-7-12(9)16(22)25-14)26-17(27)11-6-13(11)18(19,20)21/h2-5,7,11,13,23H,6H2,1H3,(H2,22,25)(H,24,26,27)/t11-,13-/m1/s1. The number of nitrogen functional groups attached to an aromatic ring is 1. The summed E-state index contributed by atoms with van der Waals surface area (Å²) in [5.41, 5.74) is 8.48. The summed E-state index contributed by atoms with van der Waals surface area (Å²) >= 11 is 0. The van der Waals surface area contributed by atoms with E-state index in [4.69, 9.17) is 5.73 Å². The normalized spacial score (nSPS) is 19.3. The zero-order valence-corrected chi connectivity index (χ0v) is 14.3. The van der Waals surface area contributed by atoms with Gasteiger partial charge in [-0.05, 0) is 36.9 Å². The highest BCUT2D eigenvalue weighted by Crippen LogP contribution is 2.50. The molecule has 1 saturated carbocycles. The summed E-state index contributed by atoms with van der Waals surface area (Å²) in [6, 6.07) is 5.26. The molecule has 140 valence electrons. The smallest absolute Gasteiger partial charge is 0.383 e. The first-order chi connectivity index (χ1) is 12.7. The Morgan fingerprint density at radius 3 is 2.78 bits per heavy atom. The molecule has 4 N–H and O–H groups in total. The van der Waals surface area contributed by atoms with E-state index >= 15 is 0 Å². The first-order valence-electron chi connectivity index (χ1n) is 8.32. The lowest BCUT2D eigenvalue weighted by Crippen LogP contribution is -2.20. The van der Waals surface area contributed by atoms with Crippen LogP contribution in [0.3, 0.4) is 0 Å². The average molecular weight is 375 g/mol. The van der Waals surface area contributed by atoms with E-state index < -0.39 is 23.9 Å². The maximum absolute atomic E-state index is 12.6. The van der Waals surface area contributed by atoms with Crippen LogP contribution in [0.15, 0.2) is 30.6 Å². The van der Waals surface area contributed by atoms with E-state index in [0.717, 1.165) is 11.3 Å². The van der Waals surface area contributed by atoms with Crippen molar-refractivity contribution >= 4 is 28.3 Å². The molecule has 0 saturated heterocycles. The number of carbonyl (C=O) groups excluding carboxylic acids is 1. The van der Waals surface area contributed by atoms with Gasteiger partial charge in [-0.1, -0.05) is 0 Å². The lowest BCUT2D eigenvalue weighted by atomic mass is 10.1. The summed E-state index contributed by atoms with van der Waals surface area (Å²) < 4.78 is 37.9. The van der Waals surface area contributed by atoms with E-state index in [0.29, 0.717) is 16.5 Å². The van der Waals surface area contributed by atoms with Gasteiger partial charge in [0.1, 0.15) is 11.6 Å². The summed E-state index contributed by atoms with van der Waals surface area (Å²) in [7, 11) is 0. The Hall–Kier alpha value is -3.10. The number of anilines is 2. The van der Waals surface area contributed by atoms with Gasteiger partial charge in [-0.15, -0.1) is 0 Å². The Kier molecular flexibility index (Phi) is 3.83. The number of nitrogens with zero attached hydrogens (tertiary/aromatic N) is 2. The summed E-state index contributed by atoms with van der Waals surface area (Å²) in [5, 5.41) is 3.75. The average Bonchev–Trinajstić information content (AvgIpc) is 3.30. The Morgan fingerprint density at radius 1 is 1.37 bits per heavy atom. The maximum atomic E-state index is 12.6. The predicted octanol–water partition coefficient (Wildman–Crippen LogP) is 3.65. The quantitative estimate of drug-likeness (QED) is 0.651. The highest BCUT2D eigenvalue weighted by molar-refractivity contribution is 5.98. The SMILES string of the molecule is Cc1[nH]ccc1-c1cc2cc(NC(=O)[C@@H]3C[C@H]3C(F)(F)F)ncc2c(N)n1. The van der Waals surface area contributed by atoms with Crippen LogP contribution in [0.4, 0.5) is 24.8 Å². The number of hydrogen-bond donors (Lipinski definition) is 3. The van der Waals surface area contributed by atoms with Crippen LogP contribution in [-0.4, -0.2) is 27.0 Å². The van der Waals surface area contributed by atoms with Crippen molar-refractivity contribution in [1.29, 1.82) is 0 Å². The first-order valence-corrected chi connectivity index (χ1v) is 8.32. The molecule has 0 bridgehead atoms. The largest absolute Gasteiger partial charge is 0.392 e. The number of aryl methyl sites for hydroxylation is 1. The summed E-state index contributed by atoms with van der Waals surface area (Å²) in [4.78, 5) is 23.6. The van der Waals surface area contributed by atoms with E-state index in [9.17, 15) is 18.0 Å². The van der Waals surface area contributed by atoms with Crippen LogP contribution in [0, 0.1) is 18.8 Å². The molecule has 9 heteroatoms. The van der Waals surface area contributed by atoms with E-state index in [1.54, 1.807) is 18.3 Å². The molecule has 1 amide bonds. The number of H-pyrrole nitrogens is 1. The number of pyridine rings is 2. The number of nitrogens with two attached hydrogens (primary N) is 1. The van der Waals surface area contributed by atoms with E-state index in [1.165, 1.54) is 6.20 Å². The van der Waals surface area contributed by atoms with Crippen molar-refractivity contribution in [1.82, 2.24) is 15.0 Å². The number of alkyl halides is 3. The third kappa shape index (κ3) is 3.20. The molecule has 1 aliphatic carbocycles. The van der Waals surface area contributed by atoms with Crippen LogP contribution in [0.2, 0.25) is 0 Å². The van der Waals surface area contributed by atoms with Gasteiger partial charge in [-0.2, -0.15) is 13.2 Å². The Morgan fingerprint density at radius 2 is 2.15 bits per heavy atom. The van der Waals surface area contributed by atoms with Crippen LogP contribution in [0.25, 0.3) is 22.0 Å². The predicted molar refractivity (Wildman–Crippen MR) is 94.8 cm³/mol. The number of nitrogens with one attached hydrogen (secondary N) is 2. The maximum Gasteiger partial charge on any atom is 0.392 e. The molecule has 27 heavy (non-hydrogen) atoms. The molecule has 3 aromatic rings. The van der Waals surface area contributed by atoms with Crippen LogP contribution < -0.4 is 11.1 Å². The first kappa shape index (κ1) is 17.3. The molecule has 0 aromatic carbocycles. The Labute approximate surface area is 152 Å². The van der Waals surface area contributed by atoms with Crippen molar-refractivity contribution in [3.8, 4) is 11.3 Å². The molecule has 0 unspecified atom stereocenters. The van der Waals surface area contributed by atoms with E-state index in [2.05, 4.69) is 20.3 Å². The Balaban J connectivity index is 1.62. The fourth-order valence-electron chi connectivity index (χ4n) is 3.18. The van der Waals surface area contributed by atoms with Gasteiger partial charge in [0.05, 0.1) is 17.5 Å². The molecule has 6 nitrogen and oxygen atoms in total. The summed E-state index contributed by atoms with van der Waals surface area (Å²) in [6.07, 6.45) is -1.29. The van der Waals surface area contributed by atoms with Crippen molar-refractivity contribution in [2.45, 2.75) is 19.5 Å². The van der Waals surface area contributed by atoms with E-state index in [-0.39, 0.29) is 18.1 Å². The fourth-order valence-corrected chi connectivity index (χ4v) is 3.18. The van der Waals surface area contributed by atoms with E-state index in [1.807, 2.05) is 13.0 Å². The minimum atomic E-state index is -4.34. The number of aromatic nitrogens is 3. The van der Waals surface area contributed by atoms with Gasteiger partial charge >= 0.3 is 6.18 Å². The van der Waals surface area contributed by atoms with Gasteiger partial charge in [0.2, 0.25) is 5.91 Å². The molecular formula is C18H16F3N5O. The molecule has 3 heterocycles. The molecule has 1 aliphatic rings. The number of halogens is 3.